The molecule has 1 saturated heterocycles. The number of carbonyl (C=O) groups excluding carboxylic acids is 2. The number of hydrogen-bond donors (Lipinski definition) is 2. The van der Waals surface area contributed by atoms with E-state index in [1.165, 1.54) is 0 Å². The van der Waals surface area contributed by atoms with Crippen LogP contribution in [0.1, 0.15) is 29.5 Å². The van der Waals surface area contributed by atoms with Crippen LogP contribution >= 0.6 is 0 Å². The molecular weight excluding hydrogens is 418 g/mol. The fourth-order valence-electron chi connectivity index (χ4n) is 4.31. The van der Waals surface area contributed by atoms with Gasteiger partial charge in [-0.3, -0.25) is 14.5 Å². The number of nitrogens with zero attached hydrogens (tertiary/aromatic N) is 1. The highest BCUT2D eigenvalue weighted by atomic mass is 16.5. The predicted molar refractivity (Wildman–Crippen MR) is 130 cm³/mol. The van der Waals surface area contributed by atoms with Gasteiger partial charge in [0.2, 0.25) is 11.8 Å². The first-order valence-electron chi connectivity index (χ1n) is 11.5. The number of rotatable bonds is 9. The quantitative estimate of drug-likeness (QED) is 0.609. The highest BCUT2D eigenvalue weighted by molar-refractivity contribution is 5.92. The Bertz CT molecular complexity index is 948. The smallest absolute Gasteiger partial charge is 0.238 e. The Balaban J connectivity index is 1.38. The van der Waals surface area contributed by atoms with Gasteiger partial charge in [-0.1, -0.05) is 12.1 Å². The fourth-order valence-corrected chi connectivity index (χ4v) is 4.31. The molecule has 7 heteroatoms. The first-order chi connectivity index (χ1) is 15.9. The largest absolute Gasteiger partial charge is 0.493 e. The third-order valence-electron chi connectivity index (χ3n) is 5.99. The highest BCUT2D eigenvalue weighted by Crippen LogP contribution is 2.27. The molecule has 1 heterocycles. The molecule has 33 heavy (non-hydrogen) atoms. The van der Waals surface area contributed by atoms with Gasteiger partial charge in [-0.05, 0) is 87.2 Å². The molecule has 178 valence electrons. The summed E-state index contributed by atoms with van der Waals surface area (Å²) < 4.78 is 10.6. The zero-order valence-electron chi connectivity index (χ0n) is 20.1. The van der Waals surface area contributed by atoms with Crippen LogP contribution in [-0.4, -0.2) is 57.1 Å². The lowest BCUT2D eigenvalue weighted by atomic mass is 9.96. The summed E-state index contributed by atoms with van der Waals surface area (Å²) in [5, 5.41) is 6.04. The van der Waals surface area contributed by atoms with Crippen LogP contribution in [0, 0.1) is 19.8 Å². The van der Waals surface area contributed by atoms with Crippen LogP contribution in [0.25, 0.3) is 0 Å². The Morgan fingerprint density at radius 2 is 1.64 bits per heavy atom. The zero-order chi connectivity index (χ0) is 23.8. The number of amides is 2. The molecule has 2 N–H and O–H groups in total. The number of anilines is 1. The fraction of sp³-hybridized carbons (Fsp3) is 0.462. The Labute approximate surface area is 196 Å². The Morgan fingerprint density at radius 1 is 0.970 bits per heavy atom. The first-order valence-corrected chi connectivity index (χ1v) is 11.5. The lowest BCUT2D eigenvalue weighted by Gasteiger charge is -2.30. The second-order valence-corrected chi connectivity index (χ2v) is 8.71. The van der Waals surface area contributed by atoms with Crippen LogP contribution in [-0.2, 0) is 16.0 Å². The van der Waals surface area contributed by atoms with Crippen molar-refractivity contribution in [3.05, 3.63) is 53.1 Å². The maximum Gasteiger partial charge on any atom is 0.238 e. The number of piperidine rings is 1. The average molecular weight is 454 g/mol. The number of hydrogen-bond acceptors (Lipinski definition) is 5. The second-order valence-electron chi connectivity index (χ2n) is 8.71. The summed E-state index contributed by atoms with van der Waals surface area (Å²) in [4.78, 5) is 27.1. The molecule has 1 aliphatic heterocycles. The van der Waals surface area contributed by atoms with Crippen molar-refractivity contribution >= 4 is 17.5 Å². The van der Waals surface area contributed by atoms with E-state index in [0.29, 0.717) is 24.6 Å². The second kappa shape index (κ2) is 11.7. The molecule has 0 aliphatic carbocycles. The van der Waals surface area contributed by atoms with Gasteiger partial charge >= 0.3 is 0 Å². The number of nitrogens with one attached hydrogen (secondary N) is 2. The molecule has 0 bridgehead atoms. The minimum Gasteiger partial charge on any atom is -0.493 e. The third-order valence-corrected chi connectivity index (χ3v) is 5.99. The summed E-state index contributed by atoms with van der Waals surface area (Å²) in [5.41, 5.74) is 4.17. The summed E-state index contributed by atoms with van der Waals surface area (Å²) >= 11 is 0. The van der Waals surface area contributed by atoms with E-state index >= 15 is 0 Å². The molecule has 0 saturated carbocycles. The molecule has 1 fully saturated rings. The minimum atomic E-state index is -0.0159. The first kappa shape index (κ1) is 24.6. The van der Waals surface area contributed by atoms with Crippen molar-refractivity contribution in [1.82, 2.24) is 10.2 Å². The molecule has 0 unspecified atom stereocenters. The summed E-state index contributed by atoms with van der Waals surface area (Å²) in [6, 6.07) is 11.8. The Morgan fingerprint density at radius 3 is 2.27 bits per heavy atom. The molecule has 0 atom stereocenters. The molecular formula is C26H35N3O4. The van der Waals surface area contributed by atoms with Crippen LogP contribution in [0.5, 0.6) is 11.5 Å². The summed E-state index contributed by atoms with van der Waals surface area (Å²) in [6.45, 7) is 6.45. The number of likely N-dealkylation sites (tertiary alicyclic amines) is 1. The van der Waals surface area contributed by atoms with Crippen molar-refractivity contribution in [2.45, 2.75) is 33.1 Å². The number of aryl methyl sites for hydroxylation is 2. The number of benzene rings is 2. The van der Waals surface area contributed by atoms with Gasteiger partial charge in [-0.15, -0.1) is 0 Å². The third kappa shape index (κ3) is 7.22. The topological polar surface area (TPSA) is 79.9 Å². The van der Waals surface area contributed by atoms with Crippen LogP contribution in [0.3, 0.4) is 0 Å². The molecule has 2 aromatic rings. The Hall–Kier alpha value is -3.06. The molecule has 3 rings (SSSR count). The highest BCUT2D eigenvalue weighted by Gasteiger charge is 2.25. The van der Waals surface area contributed by atoms with Crippen LogP contribution < -0.4 is 20.1 Å². The van der Waals surface area contributed by atoms with Crippen LogP contribution in [0.2, 0.25) is 0 Å². The van der Waals surface area contributed by atoms with E-state index in [9.17, 15) is 9.59 Å². The SMILES string of the molecule is COc1ccc(CCNC(=O)C2CCN(CC(=O)Nc3cc(C)cc(C)c3)CC2)cc1OC. The summed E-state index contributed by atoms with van der Waals surface area (Å²) in [7, 11) is 3.23. The standard InChI is InChI=1S/C26H35N3O4/c1-18-13-19(2)15-22(14-18)28-25(30)17-29-11-8-21(9-12-29)26(31)27-10-7-20-5-6-23(32-3)24(16-20)33-4/h5-6,13-16,21H,7-12,17H2,1-4H3,(H,27,31)(H,28,30). The van der Waals surface area contributed by atoms with Crippen molar-refractivity contribution < 1.29 is 19.1 Å². The van der Waals surface area contributed by atoms with Gasteiger partial charge in [0.25, 0.3) is 0 Å². The van der Waals surface area contributed by atoms with Crippen molar-refractivity contribution in [2.24, 2.45) is 5.92 Å². The lowest BCUT2D eigenvalue weighted by molar-refractivity contribution is -0.126. The number of carbonyl (C=O) groups is 2. The molecule has 0 aromatic heterocycles. The monoisotopic (exact) mass is 453 g/mol. The van der Waals surface area contributed by atoms with Gasteiger partial charge in [0.1, 0.15) is 0 Å². The van der Waals surface area contributed by atoms with Crippen LogP contribution in [0.15, 0.2) is 36.4 Å². The van der Waals surface area contributed by atoms with Gasteiger partial charge in [0.05, 0.1) is 20.8 Å². The van der Waals surface area contributed by atoms with Crippen molar-refractivity contribution in [1.29, 1.82) is 0 Å². The predicted octanol–water partition coefficient (Wildman–Crippen LogP) is 3.33. The van der Waals surface area contributed by atoms with E-state index in [4.69, 9.17) is 9.47 Å². The maximum absolute atomic E-state index is 12.6. The van der Waals surface area contributed by atoms with E-state index in [-0.39, 0.29) is 17.7 Å². The average Bonchev–Trinajstić information content (AvgIpc) is 2.78. The van der Waals surface area contributed by atoms with Gasteiger partial charge in [-0.2, -0.15) is 0 Å². The van der Waals surface area contributed by atoms with Crippen molar-refractivity contribution in [2.75, 3.05) is 45.7 Å². The number of ether oxygens (including phenoxy) is 2. The van der Waals surface area contributed by atoms with E-state index in [0.717, 1.165) is 54.7 Å². The van der Waals surface area contributed by atoms with Gasteiger partial charge < -0.3 is 20.1 Å². The van der Waals surface area contributed by atoms with Gasteiger partial charge in [0, 0.05) is 18.2 Å². The molecule has 0 radical (unpaired) electrons. The van der Waals surface area contributed by atoms with E-state index < -0.39 is 0 Å². The van der Waals surface area contributed by atoms with E-state index in [2.05, 4.69) is 21.6 Å². The molecule has 2 aromatic carbocycles. The minimum absolute atomic E-state index is 0.00543. The normalized spacial score (nSPS) is 14.5. The molecule has 1 aliphatic rings. The van der Waals surface area contributed by atoms with E-state index in [1.54, 1.807) is 14.2 Å². The van der Waals surface area contributed by atoms with Gasteiger partial charge in [-0.25, -0.2) is 0 Å². The van der Waals surface area contributed by atoms with E-state index in [1.807, 2.05) is 44.2 Å². The molecule has 2 amide bonds. The van der Waals surface area contributed by atoms with Crippen molar-refractivity contribution in [3.8, 4) is 11.5 Å². The maximum atomic E-state index is 12.6. The zero-order valence-corrected chi connectivity index (χ0v) is 20.1. The summed E-state index contributed by atoms with van der Waals surface area (Å²) in [5.74, 6) is 1.46. The molecule has 7 nitrogen and oxygen atoms in total. The van der Waals surface area contributed by atoms with Crippen LogP contribution in [0.4, 0.5) is 5.69 Å². The molecule has 0 spiro atoms. The Kier molecular flexibility index (Phi) is 8.72. The van der Waals surface area contributed by atoms with Gasteiger partial charge in [0.15, 0.2) is 11.5 Å². The number of methoxy groups -OCH3 is 2. The summed E-state index contributed by atoms with van der Waals surface area (Å²) in [6.07, 6.45) is 2.25. The lowest BCUT2D eigenvalue weighted by Crippen LogP contribution is -2.43. The van der Waals surface area contributed by atoms with Crippen molar-refractivity contribution in [3.63, 3.8) is 0 Å².